The maximum absolute atomic E-state index is 4.80. The Hall–Kier alpha value is -1.09. The van der Waals surface area contributed by atoms with Crippen LogP contribution in [0.5, 0.6) is 0 Å². The third-order valence-corrected chi connectivity index (χ3v) is 5.13. The third-order valence-electron chi connectivity index (χ3n) is 5.13. The van der Waals surface area contributed by atoms with Crippen LogP contribution in [0.25, 0.3) is 0 Å². The Morgan fingerprint density at radius 1 is 1.10 bits per heavy atom. The molecule has 3 rings (SSSR count). The number of aryl methyl sites for hydroxylation is 1. The van der Waals surface area contributed by atoms with Gasteiger partial charge in [0.2, 0.25) is 0 Å². The maximum Gasteiger partial charge on any atom is 0.128 e. The van der Waals surface area contributed by atoms with Crippen LogP contribution in [0.3, 0.4) is 0 Å². The normalized spacial score (nSPS) is 24.0. The quantitative estimate of drug-likeness (QED) is 0.840. The molecule has 0 spiro atoms. The second-order valence-corrected chi connectivity index (χ2v) is 6.94. The lowest BCUT2D eigenvalue weighted by Crippen LogP contribution is -2.32. The number of aromatic nitrogens is 1. The van der Waals surface area contributed by atoms with Gasteiger partial charge in [-0.05, 0) is 76.6 Å². The molecule has 1 aromatic rings. The van der Waals surface area contributed by atoms with Gasteiger partial charge >= 0.3 is 0 Å². The SMILES string of the molecule is Cc1cc(N2CCCCC2)ncc1C1CCCN1C(C)C. The summed E-state index contributed by atoms with van der Waals surface area (Å²) >= 11 is 0. The van der Waals surface area contributed by atoms with Crippen molar-refractivity contribution < 1.29 is 0 Å². The summed E-state index contributed by atoms with van der Waals surface area (Å²) in [5.74, 6) is 1.19. The molecule has 1 unspecified atom stereocenters. The van der Waals surface area contributed by atoms with Crippen LogP contribution in [-0.2, 0) is 0 Å². The molecule has 3 heterocycles. The van der Waals surface area contributed by atoms with E-state index in [2.05, 4.69) is 42.8 Å². The first-order chi connectivity index (χ1) is 10.2. The summed E-state index contributed by atoms with van der Waals surface area (Å²) in [4.78, 5) is 9.88. The molecule has 116 valence electrons. The number of piperidine rings is 1. The Labute approximate surface area is 129 Å². The van der Waals surface area contributed by atoms with Crippen LogP contribution in [0.4, 0.5) is 5.82 Å². The van der Waals surface area contributed by atoms with E-state index in [4.69, 9.17) is 4.98 Å². The number of pyridine rings is 1. The van der Waals surface area contributed by atoms with Crippen molar-refractivity contribution in [3.8, 4) is 0 Å². The summed E-state index contributed by atoms with van der Waals surface area (Å²) < 4.78 is 0. The van der Waals surface area contributed by atoms with Gasteiger partial charge in [0.05, 0.1) is 0 Å². The second-order valence-electron chi connectivity index (χ2n) is 6.94. The molecule has 0 amide bonds. The van der Waals surface area contributed by atoms with Gasteiger partial charge < -0.3 is 4.90 Å². The Bertz CT molecular complexity index is 477. The molecule has 0 aliphatic carbocycles. The van der Waals surface area contributed by atoms with E-state index in [9.17, 15) is 0 Å². The van der Waals surface area contributed by atoms with E-state index < -0.39 is 0 Å². The number of hydrogen-bond donors (Lipinski definition) is 0. The highest BCUT2D eigenvalue weighted by molar-refractivity contribution is 5.44. The summed E-state index contributed by atoms with van der Waals surface area (Å²) in [5.41, 5.74) is 2.87. The summed E-state index contributed by atoms with van der Waals surface area (Å²) in [6, 6.07) is 3.52. The van der Waals surface area contributed by atoms with Gasteiger partial charge in [-0.2, -0.15) is 0 Å². The maximum atomic E-state index is 4.80. The fourth-order valence-corrected chi connectivity index (χ4v) is 3.94. The molecule has 2 saturated heterocycles. The van der Waals surface area contributed by atoms with Crippen LogP contribution >= 0.6 is 0 Å². The largest absolute Gasteiger partial charge is 0.357 e. The summed E-state index contributed by atoms with van der Waals surface area (Å²) in [5, 5.41) is 0. The lowest BCUT2D eigenvalue weighted by atomic mass is 10.0. The predicted octanol–water partition coefficient (Wildman–Crippen LogP) is 3.93. The second kappa shape index (κ2) is 6.35. The lowest BCUT2D eigenvalue weighted by molar-refractivity contribution is 0.205. The Morgan fingerprint density at radius 3 is 2.52 bits per heavy atom. The molecule has 2 aliphatic rings. The highest BCUT2D eigenvalue weighted by atomic mass is 15.2. The number of anilines is 1. The van der Waals surface area contributed by atoms with E-state index in [0.29, 0.717) is 12.1 Å². The van der Waals surface area contributed by atoms with Crippen molar-refractivity contribution in [2.24, 2.45) is 0 Å². The van der Waals surface area contributed by atoms with Crippen molar-refractivity contribution >= 4 is 5.82 Å². The van der Waals surface area contributed by atoms with Gasteiger partial charge in [0.15, 0.2) is 0 Å². The average molecular weight is 287 g/mol. The fourth-order valence-electron chi connectivity index (χ4n) is 3.94. The van der Waals surface area contributed by atoms with Crippen LogP contribution in [0.1, 0.15) is 63.1 Å². The minimum Gasteiger partial charge on any atom is -0.357 e. The summed E-state index contributed by atoms with van der Waals surface area (Å²) in [7, 11) is 0. The zero-order valence-corrected chi connectivity index (χ0v) is 13.8. The third kappa shape index (κ3) is 3.08. The van der Waals surface area contributed by atoms with Crippen LogP contribution in [0.2, 0.25) is 0 Å². The van der Waals surface area contributed by atoms with Crippen LogP contribution in [-0.4, -0.2) is 35.6 Å². The molecule has 3 nitrogen and oxygen atoms in total. The molecule has 21 heavy (non-hydrogen) atoms. The van der Waals surface area contributed by atoms with Gasteiger partial charge in [-0.1, -0.05) is 0 Å². The van der Waals surface area contributed by atoms with Gasteiger partial charge in [0.25, 0.3) is 0 Å². The summed E-state index contributed by atoms with van der Waals surface area (Å²) in [6.07, 6.45) is 8.75. The van der Waals surface area contributed by atoms with Crippen molar-refractivity contribution in [1.82, 2.24) is 9.88 Å². The molecule has 0 N–H and O–H groups in total. The molecule has 0 aromatic carbocycles. The summed E-state index contributed by atoms with van der Waals surface area (Å²) in [6.45, 7) is 10.5. The van der Waals surface area contributed by atoms with Crippen LogP contribution in [0.15, 0.2) is 12.3 Å². The van der Waals surface area contributed by atoms with Crippen molar-refractivity contribution in [3.05, 3.63) is 23.4 Å². The van der Waals surface area contributed by atoms with Crippen molar-refractivity contribution in [3.63, 3.8) is 0 Å². The minimum atomic E-state index is 0.577. The first-order valence-corrected chi connectivity index (χ1v) is 8.64. The average Bonchev–Trinajstić information content (AvgIpc) is 2.97. The smallest absolute Gasteiger partial charge is 0.128 e. The molecule has 2 aliphatic heterocycles. The molecule has 1 aromatic heterocycles. The topological polar surface area (TPSA) is 19.4 Å². The van der Waals surface area contributed by atoms with Gasteiger partial charge in [-0.3, -0.25) is 4.90 Å². The van der Waals surface area contributed by atoms with E-state index in [1.165, 1.54) is 68.7 Å². The van der Waals surface area contributed by atoms with E-state index in [1.807, 2.05) is 0 Å². The first kappa shape index (κ1) is 14.8. The van der Waals surface area contributed by atoms with E-state index in [1.54, 1.807) is 0 Å². The predicted molar refractivity (Wildman–Crippen MR) is 88.9 cm³/mol. The van der Waals surface area contributed by atoms with Crippen LogP contribution in [0, 0.1) is 6.92 Å². The Morgan fingerprint density at radius 2 is 1.86 bits per heavy atom. The first-order valence-electron chi connectivity index (χ1n) is 8.64. The highest BCUT2D eigenvalue weighted by Crippen LogP contribution is 2.35. The number of hydrogen-bond acceptors (Lipinski definition) is 3. The van der Waals surface area contributed by atoms with Gasteiger partial charge in [0.1, 0.15) is 5.82 Å². The molecule has 0 saturated carbocycles. The molecular weight excluding hydrogens is 258 g/mol. The van der Waals surface area contributed by atoms with Crippen LogP contribution < -0.4 is 4.90 Å². The zero-order chi connectivity index (χ0) is 14.8. The monoisotopic (exact) mass is 287 g/mol. The molecule has 0 radical (unpaired) electrons. The van der Waals surface area contributed by atoms with E-state index in [-0.39, 0.29) is 0 Å². The Kier molecular flexibility index (Phi) is 4.48. The van der Waals surface area contributed by atoms with Crippen molar-refractivity contribution in [2.75, 3.05) is 24.5 Å². The fraction of sp³-hybridized carbons (Fsp3) is 0.722. The Balaban J connectivity index is 1.80. The van der Waals surface area contributed by atoms with Gasteiger partial charge in [-0.15, -0.1) is 0 Å². The molecule has 1 atom stereocenters. The number of nitrogens with zero attached hydrogens (tertiary/aromatic N) is 3. The molecule has 0 bridgehead atoms. The van der Waals surface area contributed by atoms with Crippen molar-refractivity contribution in [2.45, 2.75) is 65.0 Å². The standard InChI is InChI=1S/C18H29N3/c1-14(2)21-11-7-8-17(21)16-13-19-18(12-15(16)3)20-9-5-4-6-10-20/h12-14,17H,4-11H2,1-3H3. The minimum absolute atomic E-state index is 0.577. The number of likely N-dealkylation sites (tertiary alicyclic amines) is 1. The van der Waals surface area contributed by atoms with Gasteiger partial charge in [-0.25, -0.2) is 4.98 Å². The molecule has 3 heteroatoms. The molecular formula is C18H29N3. The number of rotatable bonds is 3. The van der Waals surface area contributed by atoms with E-state index >= 15 is 0 Å². The highest BCUT2D eigenvalue weighted by Gasteiger charge is 2.29. The van der Waals surface area contributed by atoms with Crippen molar-refractivity contribution in [1.29, 1.82) is 0 Å². The van der Waals surface area contributed by atoms with E-state index in [0.717, 1.165) is 0 Å². The lowest BCUT2D eigenvalue weighted by Gasteiger charge is -2.31. The zero-order valence-electron chi connectivity index (χ0n) is 13.8. The van der Waals surface area contributed by atoms with Gasteiger partial charge in [0, 0.05) is 31.4 Å². The molecule has 2 fully saturated rings.